The molecular weight excluding hydrogens is 414 g/mol. The number of aryl methyl sites for hydroxylation is 1. The predicted octanol–water partition coefficient (Wildman–Crippen LogP) is 6.44. The van der Waals surface area contributed by atoms with Crippen LogP contribution in [0.5, 0.6) is 5.75 Å². The van der Waals surface area contributed by atoms with Crippen molar-refractivity contribution >= 4 is 27.4 Å². The van der Waals surface area contributed by atoms with Gasteiger partial charge in [-0.25, -0.2) is 4.99 Å². The van der Waals surface area contributed by atoms with Crippen molar-refractivity contribution in [2.24, 2.45) is 28.2 Å². The number of hydrogen-bond donors (Lipinski definition) is 0. The van der Waals surface area contributed by atoms with Crippen LogP contribution in [0.4, 0.5) is 0 Å². The number of ether oxygens (including phenoxy) is 1. The van der Waals surface area contributed by atoms with Crippen LogP contribution < -0.4 is 4.74 Å². The SMILES string of the molecule is CCC(C)[C@@H]1N=C2C(=O)C[C@]3(C)CC[C@H](C(C)C)[C@@H]3c3cc(C)c(Br)c(c32)O1. The smallest absolute Gasteiger partial charge is 0.193 e. The third-order valence-electron chi connectivity index (χ3n) is 7.54. The zero-order chi connectivity index (χ0) is 20.4. The van der Waals surface area contributed by atoms with Crippen LogP contribution in [0.1, 0.15) is 82.9 Å². The maximum absolute atomic E-state index is 13.5. The molecule has 0 spiro atoms. The van der Waals surface area contributed by atoms with E-state index in [9.17, 15) is 4.79 Å². The molecule has 152 valence electrons. The van der Waals surface area contributed by atoms with Gasteiger partial charge in [0.05, 0.1) is 10.0 Å². The molecule has 0 bridgehead atoms. The number of aliphatic imine (C=N–C) groups is 1. The molecule has 1 saturated carbocycles. The van der Waals surface area contributed by atoms with Crippen molar-refractivity contribution in [1.82, 2.24) is 0 Å². The fourth-order valence-electron chi connectivity index (χ4n) is 5.69. The molecule has 0 saturated heterocycles. The van der Waals surface area contributed by atoms with Gasteiger partial charge in [0.1, 0.15) is 11.5 Å². The van der Waals surface area contributed by atoms with Crippen LogP contribution in [0.15, 0.2) is 15.5 Å². The molecule has 3 aliphatic rings. The molecule has 3 nitrogen and oxygen atoms in total. The molecule has 1 fully saturated rings. The summed E-state index contributed by atoms with van der Waals surface area (Å²) in [7, 11) is 0. The Labute approximate surface area is 177 Å². The minimum atomic E-state index is -0.283. The molecule has 1 aromatic carbocycles. The summed E-state index contributed by atoms with van der Waals surface area (Å²) in [6.45, 7) is 13.4. The number of benzene rings is 1. The average molecular weight is 446 g/mol. The fraction of sp³-hybridized carbons (Fsp3) is 0.667. The molecule has 1 unspecified atom stereocenters. The number of nitrogens with zero attached hydrogens (tertiary/aromatic N) is 1. The number of rotatable bonds is 3. The predicted molar refractivity (Wildman–Crippen MR) is 117 cm³/mol. The van der Waals surface area contributed by atoms with E-state index >= 15 is 0 Å². The van der Waals surface area contributed by atoms with Gasteiger partial charge in [0, 0.05) is 12.3 Å². The van der Waals surface area contributed by atoms with Gasteiger partial charge in [-0.15, -0.1) is 0 Å². The molecule has 0 aromatic heterocycles. The molecule has 1 aliphatic heterocycles. The molecule has 1 heterocycles. The Hall–Kier alpha value is -1.16. The van der Waals surface area contributed by atoms with Crippen LogP contribution in [0.2, 0.25) is 0 Å². The number of halogens is 1. The number of hydrogen-bond acceptors (Lipinski definition) is 3. The maximum Gasteiger partial charge on any atom is 0.193 e. The number of carbonyl (C=O) groups is 1. The van der Waals surface area contributed by atoms with E-state index in [0.717, 1.165) is 28.6 Å². The number of ketones is 1. The van der Waals surface area contributed by atoms with Crippen molar-refractivity contribution in [2.75, 3.05) is 0 Å². The molecule has 4 rings (SSSR count). The van der Waals surface area contributed by atoms with Gasteiger partial charge in [0.2, 0.25) is 0 Å². The van der Waals surface area contributed by atoms with E-state index in [-0.39, 0.29) is 23.3 Å². The fourth-order valence-corrected chi connectivity index (χ4v) is 6.10. The zero-order valence-electron chi connectivity index (χ0n) is 17.9. The highest BCUT2D eigenvalue weighted by molar-refractivity contribution is 9.10. The Morgan fingerprint density at radius 1 is 1.36 bits per heavy atom. The van der Waals surface area contributed by atoms with Crippen molar-refractivity contribution in [3.63, 3.8) is 0 Å². The van der Waals surface area contributed by atoms with E-state index in [1.54, 1.807) is 0 Å². The van der Waals surface area contributed by atoms with Gasteiger partial charge in [-0.3, -0.25) is 4.79 Å². The van der Waals surface area contributed by atoms with Crippen molar-refractivity contribution < 1.29 is 9.53 Å². The minimum Gasteiger partial charge on any atom is -0.467 e. The van der Waals surface area contributed by atoms with Crippen LogP contribution in [0.25, 0.3) is 0 Å². The lowest BCUT2D eigenvalue weighted by atomic mass is 9.69. The Bertz CT molecular complexity index is 859. The second kappa shape index (κ2) is 6.97. The van der Waals surface area contributed by atoms with Gasteiger partial charge in [0.15, 0.2) is 12.0 Å². The van der Waals surface area contributed by atoms with Crippen molar-refractivity contribution in [2.45, 2.75) is 79.4 Å². The first-order chi connectivity index (χ1) is 13.2. The Morgan fingerprint density at radius 2 is 2.07 bits per heavy atom. The number of carbonyl (C=O) groups excluding carboxylic acids is 1. The summed E-state index contributed by atoms with van der Waals surface area (Å²) < 4.78 is 7.41. The summed E-state index contributed by atoms with van der Waals surface area (Å²) in [5, 5.41) is 0. The quantitative estimate of drug-likeness (QED) is 0.536. The molecule has 2 aliphatic carbocycles. The zero-order valence-corrected chi connectivity index (χ0v) is 19.5. The lowest BCUT2D eigenvalue weighted by molar-refractivity contribution is -0.115. The topological polar surface area (TPSA) is 38.7 Å². The monoisotopic (exact) mass is 445 g/mol. The summed E-state index contributed by atoms with van der Waals surface area (Å²) in [6.07, 6.45) is 3.58. The van der Waals surface area contributed by atoms with Crippen molar-refractivity contribution in [3.05, 3.63) is 27.2 Å². The second-order valence-corrected chi connectivity index (χ2v) is 10.6. The van der Waals surface area contributed by atoms with Crippen LogP contribution in [0, 0.1) is 30.1 Å². The third-order valence-corrected chi connectivity index (χ3v) is 8.53. The normalized spacial score (nSPS) is 32.4. The van der Waals surface area contributed by atoms with Gasteiger partial charge < -0.3 is 4.74 Å². The first kappa shape index (κ1) is 20.1. The standard InChI is InChI=1S/C24H32BrNO2/c1-7-13(4)23-26-21-17(27)11-24(6)9-8-15(12(2)3)19(24)16-10-14(5)20(25)22(28-23)18(16)21/h10,12-13,15,19,23H,7-9,11H2,1-6H3/t13?,15-,19-,23-,24+/m1/s1. The van der Waals surface area contributed by atoms with Gasteiger partial charge in [-0.05, 0) is 76.4 Å². The van der Waals surface area contributed by atoms with Crippen LogP contribution >= 0.6 is 15.9 Å². The van der Waals surface area contributed by atoms with Gasteiger partial charge >= 0.3 is 0 Å². The molecule has 5 atom stereocenters. The minimum absolute atomic E-state index is 0.00574. The lowest BCUT2D eigenvalue weighted by Crippen LogP contribution is -2.32. The van der Waals surface area contributed by atoms with Gasteiger partial charge in [-0.2, -0.15) is 0 Å². The molecule has 1 aromatic rings. The Balaban J connectivity index is 1.99. The first-order valence-electron chi connectivity index (χ1n) is 10.8. The highest BCUT2D eigenvalue weighted by Gasteiger charge is 2.52. The molecule has 4 heteroatoms. The largest absolute Gasteiger partial charge is 0.467 e. The average Bonchev–Trinajstić information content (AvgIpc) is 2.96. The summed E-state index contributed by atoms with van der Waals surface area (Å²) in [6, 6.07) is 2.30. The molecule has 28 heavy (non-hydrogen) atoms. The number of fused-ring (bicyclic) bond motifs is 2. The molecule has 0 N–H and O–H groups in total. The van der Waals surface area contributed by atoms with E-state index < -0.39 is 0 Å². The van der Waals surface area contributed by atoms with Gasteiger partial charge in [0.25, 0.3) is 0 Å². The Kier molecular flexibility index (Phi) is 5.01. The number of Topliss-reactive ketones (excluding diaryl/α,β-unsaturated/α-hetero) is 1. The lowest BCUT2D eigenvalue weighted by Gasteiger charge is -2.36. The van der Waals surface area contributed by atoms with Gasteiger partial charge in [-0.1, -0.05) is 40.7 Å². The van der Waals surface area contributed by atoms with E-state index in [1.165, 1.54) is 17.5 Å². The van der Waals surface area contributed by atoms with Crippen LogP contribution in [-0.4, -0.2) is 17.7 Å². The van der Waals surface area contributed by atoms with E-state index in [2.05, 4.69) is 63.5 Å². The summed E-state index contributed by atoms with van der Waals surface area (Å²) in [4.78, 5) is 18.4. The summed E-state index contributed by atoms with van der Waals surface area (Å²) in [5.41, 5.74) is 4.13. The molecule has 0 radical (unpaired) electrons. The van der Waals surface area contributed by atoms with Crippen molar-refractivity contribution in [3.8, 4) is 5.75 Å². The maximum atomic E-state index is 13.5. The summed E-state index contributed by atoms with van der Waals surface area (Å²) in [5.74, 6) is 2.88. The van der Waals surface area contributed by atoms with Crippen LogP contribution in [0.3, 0.4) is 0 Å². The van der Waals surface area contributed by atoms with Crippen LogP contribution in [-0.2, 0) is 4.79 Å². The molecular formula is C24H32BrNO2. The summed E-state index contributed by atoms with van der Waals surface area (Å²) >= 11 is 3.76. The van der Waals surface area contributed by atoms with E-state index in [0.29, 0.717) is 29.9 Å². The molecule has 0 amide bonds. The second-order valence-electron chi connectivity index (χ2n) is 9.85. The highest BCUT2D eigenvalue weighted by Crippen LogP contribution is 2.60. The van der Waals surface area contributed by atoms with E-state index in [4.69, 9.17) is 9.73 Å². The first-order valence-corrected chi connectivity index (χ1v) is 11.6. The highest BCUT2D eigenvalue weighted by atomic mass is 79.9. The Morgan fingerprint density at radius 3 is 2.71 bits per heavy atom. The van der Waals surface area contributed by atoms with Crippen molar-refractivity contribution in [1.29, 1.82) is 0 Å². The third kappa shape index (κ3) is 2.89. The van der Waals surface area contributed by atoms with E-state index in [1.807, 2.05) is 0 Å².